The Labute approximate surface area is 411 Å². The number of hydrogen-bond acceptors (Lipinski definition) is 2. The Balaban J connectivity index is 0.908. The van der Waals surface area contributed by atoms with Gasteiger partial charge < -0.3 is 13.9 Å². The van der Waals surface area contributed by atoms with Gasteiger partial charge in [-0.25, -0.2) is 0 Å². The van der Waals surface area contributed by atoms with E-state index in [1.165, 1.54) is 48.9 Å². The van der Waals surface area contributed by atoms with Crippen molar-refractivity contribution in [2.24, 2.45) is 0 Å². The van der Waals surface area contributed by atoms with Crippen molar-refractivity contribution < 1.29 is 4.42 Å². The molecular formula is C68H44N2O. The van der Waals surface area contributed by atoms with Gasteiger partial charge in [-0.1, -0.05) is 212 Å². The summed E-state index contributed by atoms with van der Waals surface area (Å²) in [7, 11) is 0. The third-order valence-corrected chi connectivity index (χ3v) is 14.4. The van der Waals surface area contributed by atoms with Gasteiger partial charge in [-0.15, -0.1) is 0 Å². The lowest BCUT2D eigenvalue weighted by Crippen LogP contribution is -2.12. The quantitative estimate of drug-likeness (QED) is 0.142. The zero-order valence-electron chi connectivity index (χ0n) is 38.7. The number of aromatic nitrogens is 1. The van der Waals surface area contributed by atoms with E-state index in [2.05, 4.69) is 264 Å². The standard InChI is InChI=1S/C68H44N2O/c1-2-17-52-45(16-1)36-37-49-44-50(40-43-53(49)52)56-20-5-10-27-63(56)69(51-41-38-48(39-42-51)57-24-15-25-61-60-23-8-14-31-67(60)71-68(57)61)62-26-9-3-18-54(62)46-32-34-47(35-33-46)55-19-4-11-28-64(55)70-65-29-12-6-21-58(65)59-22-7-13-30-66(59)70/h1-44H. The molecule has 0 saturated carbocycles. The first-order chi connectivity index (χ1) is 35.2. The number of para-hydroxylation sites is 7. The molecule has 332 valence electrons. The van der Waals surface area contributed by atoms with Crippen molar-refractivity contribution in [3.05, 3.63) is 267 Å². The van der Waals surface area contributed by atoms with Crippen molar-refractivity contribution in [3.8, 4) is 50.2 Å². The smallest absolute Gasteiger partial charge is 0.143 e. The van der Waals surface area contributed by atoms with Crippen LogP contribution in [0.5, 0.6) is 0 Å². The minimum Gasteiger partial charge on any atom is -0.455 e. The third kappa shape index (κ3) is 6.74. The Hall–Kier alpha value is -9.44. The molecule has 0 unspecified atom stereocenters. The summed E-state index contributed by atoms with van der Waals surface area (Å²) >= 11 is 0. The highest BCUT2D eigenvalue weighted by atomic mass is 16.3. The topological polar surface area (TPSA) is 21.3 Å². The Morgan fingerprint density at radius 1 is 0.296 bits per heavy atom. The first-order valence-electron chi connectivity index (χ1n) is 24.3. The lowest BCUT2D eigenvalue weighted by molar-refractivity contribution is 0.670. The van der Waals surface area contributed by atoms with Crippen molar-refractivity contribution in [1.82, 2.24) is 4.57 Å². The van der Waals surface area contributed by atoms with E-state index in [4.69, 9.17) is 4.42 Å². The zero-order valence-corrected chi connectivity index (χ0v) is 38.7. The van der Waals surface area contributed by atoms with Crippen LogP contribution in [0.3, 0.4) is 0 Å². The molecule has 0 fully saturated rings. The van der Waals surface area contributed by atoms with Gasteiger partial charge in [0.1, 0.15) is 11.2 Å². The highest BCUT2D eigenvalue weighted by Gasteiger charge is 2.22. The van der Waals surface area contributed by atoms with Crippen molar-refractivity contribution in [3.63, 3.8) is 0 Å². The predicted octanol–water partition coefficient (Wildman–Crippen LogP) is 19.1. The summed E-state index contributed by atoms with van der Waals surface area (Å²) < 4.78 is 8.94. The highest BCUT2D eigenvalue weighted by molar-refractivity contribution is 6.12. The Morgan fingerprint density at radius 3 is 1.51 bits per heavy atom. The molecule has 71 heavy (non-hydrogen) atoms. The third-order valence-electron chi connectivity index (χ3n) is 14.4. The van der Waals surface area contributed by atoms with Gasteiger partial charge >= 0.3 is 0 Å². The van der Waals surface area contributed by atoms with Crippen LogP contribution in [0.25, 0.3) is 115 Å². The summed E-state index contributed by atoms with van der Waals surface area (Å²) in [6.07, 6.45) is 0. The Kier molecular flexibility index (Phi) is 9.53. The van der Waals surface area contributed by atoms with E-state index in [1.54, 1.807) is 0 Å². The van der Waals surface area contributed by atoms with Crippen LogP contribution in [0.2, 0.25) is 0 Å². The molecule has 0 atom stereocenters. The fourth-order valence-corrected chi connectivity index (χ4v) is 11.1. The summed E-state index contributed by atoms with van der Waals surface area (Å²) in [4.78, 5) is 2.44. The molecule has 14 rings (SSSR count). The van der Waals surface area contributed by atoms with E-state index in [0.717, 1.165) is 83.6 Å². The second-order valence-electron chi connectivity index (χ2n) is 18.4. The van der Waals surface area contributed by atoms with Crippen LogP contribution in [0, 0.1) is 0 Å². The van der Waals surface area contributed by atoms with Gasteiger partial charge in [-0.3, -0.25) is 0 Å². The molecule has 0 spiro atoms. The average Bonchev–Trinajstić information content (AvgIpc) is 4.00. The summed E-state index contributed by atoms with van der Waals surface area (Å²) in [5, 5.41) is 9.73. The number of fused-ring (bicyclic) bond motifs is 9. The summed E-state index contributed by atoms with van der Waals surface area (Å²) in [6, 6.07) is 96.8. The van der Waals surface area contributed by atoms with E-state index in [0.29, 0.717) is 0 Å². The molecule has 0 saturated heterocycles. The maximum atomic E-state index is 6.52. The second kappa shape index (κ2) is 16.7. The van der Waals surface area contributed by atoms with Gasteiger partial charge in [0.05, 0.1) is 28.1 Å². The van der Waals surface area contributed by atoms with E-state index >= 15 is 0 Å². The maximum Gasteiger partial charge on any atom is 0.143 e. The van der Waals surface area contributed by atoms with Crippen molar-refractivity contribution in [1.29, 1.82) is 0 Å². The van der Waals surface area contributed by atoms with Crippen molar-refractivity contribution in [2.45, 2.75) is 0 Å². The highest BCUT2D eigenvalue weighted by Crippen LogP contribution is 2.47. The van der Waals surface area contributed by atoms with E-state index in [1.807, 2.05) is 12.1 Å². The second-order valence-corrected chi connectivity index (χ2v) is 18.4. The molecule has 3 nitrogen and oxygen atoms in total. The van der Waals surface area contributed by atoms with Crippen LogP contribution >= 0.6 is 0 Å². The van der Waals surface area contributed by atoms with Gasteiger partial charge in [0.25, 0.3) is 0 Å². The minimum atomic E-state index is 0.896. The first-order valence-corrected chi connectivity index (χ1v) is 24.3. The average molecular weight is 905 g/mol. The van der Waals surface area contributed by atoms with Crippen LogP contribution in [0.1, 0.15) is 0 Å². The lowest BCUT2D eigenvalue weighted by atomic mass is 9.95. The summed E-state index contributed by atoms with van der Waals surface area (Å²) in [5.74, 6) is 0. The normalized spacial score (nSPS) is 11.7. The van der Waals surface area contributed by atoms with Crippen LogP contribution < -0.4 is 4.90 Å². The molecule has 3 heteroatoms. The number of benzene rings is 12. The van der Waals surface area contributed by atoms with Crippen LogP contribution in [-0.4, -0.2) is 4.57 Å². The molecule has 0 amide bonds. The van der Waals surface area contributed by atoms with E-state index < -0.39 is 0 Å². The number of hydrogen-bond donors (Lipinski definition) is 0. The van der Waals surface area contributed by atoms with Gasteiger partial charge in [-0.2, -0.15) is 0 Å². The predicted molar refractivity (Wildman–Crippen MR) is 299 cm³/mol. The summed E-state index contributed by atoms with van der Waals surface area (Å²) in [5.41, 5.74) is 17.6. The molecule has 0 aliphatic rings. The largest absolute Gasteiger partial charge is 0.455 e. The molecule has 0 N–H and O–H groups in total. The van der Waals surface area contributed by atoms with E-state index in [-0.39, 0.29) is 0 Å². The molecule has 12 aromatic carbocycles. The molecule has 2 aromatic heterocycles. The van der Waals surface area contributed by atoms with Gasteiger partial charge in [0, 0.05) is 49.5 Å². The minimum absolute atomic E-state index is 0.896. The SMILES string of the molecule is c1ccc(N(c2ccc(-c3cccc4c3oc3ccccc34)cc2)c2ccccc2-c2ccc3c(ccc4ccccc43)c2)c(-c2ccc(-c3ccccc3-n3c4ccccc4c4ccccc43)cc2)c1. The molecule has 0 aliphatic carbocycles. The van der Waals surface area contributed by atoms with Crippen LogP contribution in [0.4, 0.5) is 17.1 Å². The first kappa shape index (κ1) is 40.6. The maximum absolute atomic E-state index is 6.52. The molecule has 0 radical (unpaired) electrons. The van der Waals surface area contributed by atoms with Crippen molar-refractivity contribution in [2.75, 3.05) is 4.90 Å². The van der Waals surface area contributed by atoms with Gasteiger partial charge in [-0.05, 0) is 98.4 Å². The Bertz CT molecular complexity index is 4290. The zero-order chi connectivity index (χ0) is 46.8. The fourth-order valence-electron chi connectivity index (χ4n) is 11.1. The molecular weight excluding hydrogens is 861 g/mol. The van der Waals surface area contributed by atoms with E-state index in [9.17, 15) is 0 Å². The van der Waals surface area contributed by atoms with Gasteiger partial charge in [0.2, 0.25) is 0 Å². The summed E-state index contributed by atoms with van der Waals surface area (Å²) in [6.45, 7) is 0. The number of rotatable bonds is 8. The lowest BCUT2D eigenvalue weighted by Gasteiger charge is -2.30. The van der Waals surface area contributed by atoms with Crippen molar-refractivity contribution >= 4 is 82.4 Å². The molecule has 0 bridgehead atoms. The molecule has 0 aliphatic heterocycles. The monoisotopic (exact) mass is 904 g/mol. The van der Waals surface area contributed by atoms with Crippen LogP contribution in [-0.2, 0) is 0 Å². The molecule has 2 heterocycles. The number of anilines is 3. The fraction of sp³-hybridized carbons (Fsp3) is 0. The molecule has 14 aromatic rings. The van der Waals surface area contributed by atoms with Crippen LogP contribution in [0.15, 0.2) is 271 Å². The van der Waals surface area contributed by atoms with Gasteiger partial charge in [0.15, 0.2) is 0 Å². The Morgan fingerprint density at radius 2 is 0.775 bits per heavy atom. The number of nitrogens with zero attached hydrogens (tertiary/aromatic N) is 2. The number of furan rings is 1.